The van der Waals surface area contributed by atoms with E-state index < -0.39 is 28.0 Å². The van der Waals surface area contributed by atoms with Gasteiger partial charge in [0.2, 0.25) is 0 Å². The summed E-state index contributed by atoms with van der Waals surface area (Å²) in [4.78, 5) is 14.5. The Labute approximate surface area is 261 Å². The van der Waals surface area contributed by atoms with Crippen molar-refractivity contribution in [2.45, 2.75) is 20.6 Å². The molecule has 43 heavy (non-hydrogen) atoms. The predicted octanol–water partition coefficient (Wildman–Crippen LogP) is 8.07. The third-order valence-electron chi connectivity index (χ3n) is 7.21. The van der Waals surface area contributed by atoms with Crippen LogP contribution in [0.4, 0.5) is 5.69 Å². The molecule has 9 heteroatoms. The minimum absolute atomic E-state index is 0.00385. The SMILES string of the molecule is O=C(O)C(CSC(c1ccccc1)(c1ccccc1)c1ccccc1)N(c1ccc2c(c1)Sc1ccccc1O2)S(=O)O. The molecule has 0 aromatic heterocycles. The summed E-state index contributed by atoms with van der Waals surface area (Å²) in [6, 6.07) is 41.1. The van der Waals surface area contributed by atoms with Crippen molar-refractivity contribution in [3.63, 3.8) is 0 Å². The summed E-state index contributed by atoms with van der Waals surface area (Å²) in [7, 11) is 0. The number of ether oxygens (including phenoxy) is 1. The lowest BCUT2D eigenvalue weighted by Crippen LogP contribution is -2.45. The molecule has 6 nitrogen and oxygen atoms in total. The lowest BCUT2D eigenvalue weighted by Gasteiger charge is -2.37. The molecule has 0 aliphatic carbocycles. The van der Waals surface area contributed by atoms with Crippen LogP contribution >= 0.6 is 23.5 Å². The maximum atomic E-state index is 12.9. The van der Waals surface area contributed by atoms with Crippen LogP contribution in [0, 0.1) is 0 Å². The maximum Gasteiger partial charge on any atom is 0.328 e. The molecule has 1 aliphatic heterocycles. The first-order valence-corrected chi connectivity index (χ1v) is 16.4. The molecule has 0 saturated heterocycles. The van der Waals surface area contributed by atoms with Gasteiger partial charge in [0.15, 0.2) is 6.04 Å². The number of thioether (sulfide) groups is 1. The van der Waals surface area contributed by atoms with Crippen LogP contribution in [0.5, 0.6) is 11.5 Å². The first-order chi connectivity index (χ1) is 21.0. The number of nitrogens with zero attached hydrogens (tertiary/aromatic N) is 1. The Bertz CT molecular complexity index is 1660. The van der Waals surface area contributed by atoms with E-state index in [0.29, 0.717) is 11.4 Å². The maximum absolute atomic E-state index is 12.9. The summed E-state index contributed by atoms with van der Waals surface area (Å²) >= 11 is 0.274. The number of hydrogen-bond donors (Lipinski definition) is 2. The molecule has 5 aromatic rings. The number of hydrogen-bond acceptors (Lipinski definition) is 5. The number of carboxylic acid groups (broad SMARTS) is 1. The van der Waals surface area contributed by atoms with Gasteiger partial charge in [-0.05, 0) is 47.0 Å². The standard InChI is InChI=1S/C34H27NO5S3/c36-33(37)28(35(43(38)39)27-20-21-30-32(22-27)42-31-19-11-10-18-29(31)40-30)23-41-34(24-12-4-1-5-13-24,25-14-6-2-7-15-25)26-16-8-3-9-17-26/h1-22,28H,23H2,(H,36,37)(H,38,39). The van der Waals surface area contributed by atoms with E-state index >= 15 is 0 Å². The molecule has 2 atom stereocenters. The van der Waals surface area contributed by atoms with Crippen molar-refractivity contribution in [2.24, 2.45) is 0 Å². The summed E-state index contributed by atoms with van der Waals surface area (Å²) in [5, 5.41) is 10.5. The monoisotopic (exact) mass is 625 g/mol. The second-order valence-corrected chi connectivity index (χ2v) is 13.0. The van der Waals surface area contributed by atoms with Crippen LogP contribution < -0.4 is 9.04 Å². The lowest BCUT2D eigenvalue weighted by atomic mass is 9.84. The number of carbonyl (C=O) groups is 1. The van der Waals surface area contributed by atoms with Crippen LogP contribution in [0.2, 0.25) is 0 Å². The van der Waals surface area contributed by atoms with Crippen molar-refractivity contribution in [3.8, 4) is 11.5 Å². The van der Waals surface area contributed by atoms with E-state index in [4.69, 9.17) is 4.74 Å². The van der Waals surface area contributed by atoms with Crippen LogP contribution in [0.25, 0.3) is 0 Å². The zero-order valence-electron chi connectivity index (χ0n) is 22.8. The van der Waals surface area contributed by atoms with Crippen LogP contribution in [-0.2, 0) is 20.8 Å². The highest BCUT2D eigenvalue weighted by Crippen LogP contribution is 2.50. The van der Waals surface area contributed by atoms with Crippen LogP contribution in [0.15, 0.2) is 143 Å². The van der Waals surface area contributed by atoms with Crippen LogP contribution in [-0.4, -0.2) is 31.6 Å². The van der Waals surface area contributed by atoms with E-state index in [1.165, 1.54) is 23.5 Å². The first kappa shape index (κ1) is 29.1. The van der Waals surface area contributed by atoms with Crippen molar-refractivity contribution >= 4 is 46.4 Å². The van der Waals surface area contributed by atoms with Gasteiger partial charge in [-0.1, -0.05) is 115 Å². The molecule has 1 aliphatic rings. The number of fused-ring (bicyclic) bond motifs is 2. The summed E-state index contributed by atoms with van der Waals surface area (Å²) < 4.78 is 29.7. The number of anilines is 1. The third-order valence-corrected chi connectivity index (χ3v) is 10.7. The second-order valence-electron chi connectivity index (χ2n) is 9.78. The predicted molar refractivity (Wildman–Crippen MR) is 173 cm³/mol. The van der Waals surface area contributed by atoms with Gasteiger partial charge in [0.1, 0.15) is 11.5 Å². The molecule has 1 heterocycles. The molecule has 0 fully saturated rings. The zero-order valence-corrected chi connectivity index (χ0v) is 25.2. The Morgan fingerprint density at radius 1 is 0.767 bits per heavy atom. The van der Waals surface area contributed by atoms with Gasteiger partial charge in [-0.15, -0.1) is 11.8 Å². The summed E-state index contributed by atoms with van der Waals surface area (Å²) in [5.74, 6) is 0.136. The molecule has 5 aromatic carbocycles. The minimum Gasteiger partial charge on any atom is -0.480 e. The van der Waals surface area contributed by atoms with Gasteiger partial charge in [0.25, 0.3) is 11.3 Å². The Balaban J connectivity index is 1.40. The van der Waals surface area contributed by atoms with Gasteiger partial charge in [0, 0.05) is 5.75 Å². The van der Waals surface area contributed by atoms with Gasteiger partial charge >= 0.3 is 5.97 Å². The molecule has 0 bridgehead atoms. The van der Waals surface area contributed by atoms with E-state index in [1.807, 2.05) is 115 Å². The second kappa shape index (κ2) is 12.7. The molecule has 2 unspecified atom stereocenters. The highest BCUT2D eigenvalue weighted by molar-refractivity contribution is 8.00. The fourth-order valence-electron chi connectivity index (χ4n) is 5.24. The zero-order chi connectivity index (χ0) is 29.8. The Hall–Kier alpha value is -4.02. The Kier molecular flexibility index (Phi) is 8.58. The lowest BCUT2D eigenvalue weighted by molar-refractivity contribution is -0.137. The minimum atomic E-state index is -2.62. The van der Waals surface area contributed by atoms with E-state index in [2.05, 4.69) is 0 Å². The van der Waals surface area contributed by atoms with Crippen molar-refractivity contribution in [1.29, 1.82) is 0 Å². The van der Waals surface area contributed by atoms with Gasteiger partial charge < -0.3 is 9.84 Å². The van der Waals surface area contributed by atoms with Crippen molar-refractivity contribution in [3.05, 3.63) is 150 Å². The van der Waals surface area contributed by atoms with Crippen molar-refractivity contribution in [2.75, 3.05) is 10.1 Å². The Morgan fingerprint density at radius 2 is 1.28 bits per heavy atom. The average Bonchev–Trinajstić information content (AvgIpc) is 3.04. The third kappa shape index (κ3) is 5.81. The van der Waals surface area contributed by atoms with Crippen LogP contribution in [0.1, 0.15) is 16.7 Å². The van der Waals surface area contributed by atoms with Gasteiger partial charge in [-0.3, -0.25) is 8.86 Å². The smallest absolute Gasteiger partial charge is 0.328 e. The largest absolute Gasteiger partial charge is 0.480 e. The number of para-hydroxylation sites is 1. The molecular formula is C34H27NO5S3. The highest BCUT2D eigenvalue weighted by atomic mass is 32.2. The van der Waals surface area contributed by atoms with Gasteiger partial charge in [-0.2, -0.15) is 0 Å². The number of aliphatic carboxylic acids is 1. The Morgan fingerprint density at radius 3 is 1.81 bits per heavy atom. The highest BCUT2D eigenvalue weighted by Gasteiger charge is 2.40. The molecule has 216 valence electrons. The number of carboxylic acids is 1. The fourth-order valence-corrected chi connectivity index (χ4v) is 8.61. The molecule has 0 radical (unpaired) electrons. The normalized spacial score (nSPS) is 13.6. The van der Waals surface area contributed by atoms with Gasteiger partial charge in [0.05, 0.1) is 20.2 Å². The first-order valence-electron chi connectivity index (χ1n) is 13.5. The summed E-state index contributed by atoms with van der Waals surface area (Å²) in [6.45, 7) is 0. The molecule has 2 N–H and O–H groups in total. The van der Waals surface area contributed by atoms with E-state index in [-0.39, 0.29) is 5.75 Å². The molecule has 0 amide bonds. The average molecular weight is 626 g/mol. The van der Waals surface area contributed by atoms with Gasteiger partial charge in [-0.25, -0.2) is 9.00 Å². The van der Waals surface area contributed by atoms with E-state index in [9.17, 15) is 18.7 Å². The molecule has 0 saturated carbocycles. The fraction of sp³-hybridized carbons (Fsp3) is 0.0882. The van der Waals surface area contributed by atoms with Crippen LogP contribution in [0.3, 0.4) is 0 Å². The quantitative estimate of drug-likeness (QED) is 0.118. The topological polar surface area (TPSA) is 87.1 Å². The number of rotatable bonds is 10. The number of benzene rings is 5. The molecule has 6 rings (SSSR count). The summed E-state index contributed by atoms with van der Waals surface area (Å²) in [6.07, 6.45) is 0. The molecular weight excluding hydrogens is 599 g/mol. The molecule has 0 spiro atoms. The van der Waals surface area contributed by atoms with E-state index in [1.54, 1.807) is 18.2 Å². The van der Waals surface area contributed by atoms with E-state index in [0.717, 1.165) is 36.5 Å². The van der Waals surface area contributed by atoms with Crippen molar-refractivity contribution < 1.29 is 23.4 Å². The summed E-state index contributed by atoms with van der Waals surface area (Å²) in [5.41, 5.74) is 3.23. The van der Waals surface area contributed by atoms with Crippen molar-refractivity contribution in [1.82, 2.24) is 0 Å².